The Morgan fingerprint density at radius 1 is 0.682 bits per heavy atom. The molecule has 0 saturated heterocycles. The maximum absolute atomic E-state index is 11.2. The van der Waals surface area contributed by atoms with Crippen LogP contribution in [0.4, 0.5) is 0 Å². The van der Waals surface area contributed by atoms with E-state index in [2.05, 4.69) is 47.6 Å². The number of hydrogen-bond donors (Lipinski definition) is 0. The van der Waals surface area contributed by atoms with Gasteiger partial charge in [-0.3, -0.25) is 0 Å². The topological polar surface area (TPSA) is 52.6 Å². The van der Waals surface area contributed by atoms with E-state index in [1.165, 1.54) is 37.5 Å². The van der Waals surface area contributed by atoms with Gasteiger partial charge in [0.15, 0.2) is 0 Å². The summed E-state index contributed by atoms with van der Waals surface area (Å²) in [7, 11) is 2.52. The van der Waals surface area contributed by atoms with Gasteiger partial charge < -0.3 is 9.47 Å². The minimum Gasteiger partial charge on any atom is -0.465 e. The van der Waals surface area contributed by atoms with Crippen LogP contribution >= 0.6 is 0 Å². The van der Waals surface area contributed by atoms with E-state index in [1.807, 2.05) is 0 Å². The molecule has 0 heterocycles. The SMILES string of the molecule is COC(=O)c1ccccc1C(=O)OC.Cc1ccccc1C. The van der Waals surface area contributed by atoms with Crippen LogP contribution in [0.1, 0.15) is 31.8 Å². The summed E-state index contributed by atoms with van der Waals surface area (Å²) in [6, 6.07) is 14.7. The fourth-order valence-corrected chi connectivity index (χ4v) is 1.72. The van der Waals surface area contributed by atoms with E-state index in [0.29, 0.717) is 0 Å². The van der Waals surface area contributed by atoms with Crippen LogP contribution in [0, 0.1) is 13.8 Å². The van der Waals surface area contributed by atoms with Crippen LogP contribution in [0.5, 0.6) is 0 Å². The summed E-state index contributed by atoms with van der Waals surface area (Å²) in [6.45, 7) is 4.24. The number of hydrogen-bond acceptors (Lipinski definition) is 4. The van der Waals surface area contributed by atoms with E-state index in [4.69, 9.17) is 0 Å². The molecule has 0 unspecified atom stereocenters. The van der Waals surface area contributed by atoms with Crippen LogP contribution in [0.25, 0.3) is 0 Å². The minimum atomic E-state index is -0.550. The second-order valence-corrected chi connectivity index (χ2v) is 4.61. The first-order chi connectivity index (χ1) is 10.5. The predicted octanol–water partition coefficient (Wildman–Crippen LogP) is 3.56. The van der Waals surface area contributed by atoms with E-state index in [0.717, 1.165) is 0 Å². The highest BCUT2D eigenvalue weighted by molar-refractivity contribution is 6.03. The largest absolute Gasteiger partial charge is 0.465 e. The van der Waals surface area contributed by atoms with E-state index < -0.39 is 11.9 Å². The van der Waals surface area contributed by atoms with Crippen LogP contribution in [0.2, 0.25) is 0 Å². The summed E-state index contributed by atoms with van der Waals surface area (Å²) in [5, 5.41) is 0. The van der Waals surface area contributed by atoms with Gasteiger partial charge in [-0.2, -0.15) is 0 Å². The molecule has 4 nitrogen and oxygen atoms in total. The first-order valence-corrected chi connectivity index (χ1v) is 6.79. The van der Waals surface area contributed by atoms with E-state index in [1.54, 1.807) is 12.1 Å². The van der Waals surface area contributed by atoms with Gasteiger partial charge in [0.25, 0.3) is 0 Å². The van der Waals surface area contributed by atoms with Crippen molar-refractivity contribution in [2.24, 2.45) is 0 Å². The molecule has 2 aromatic rings. The smallest absolute Gasteiger partial charge is 0.338 e. The fourth-order valence-electron chi connectivity index (χ4n) is 1.72. The van der Waals surface area contributed by atoms with Crippen molar-refractivity contribution in [1.82, 2.24) is 0 Å². The van der Waals surface area contributed by atoms with Gasteiger partial charge in [-0.15, -0.1) is 0 Å². The van der Waals surface area contributed by atoms with Crippen molar-refractivity contribution in [2.45, 2.75) is 13.8 Å². The third-order valence-electron chi connectivity index (χ3n) is 3.16. The zero-order chi connectivity index (χ0) is 16.5. The molecule has 2 rings (SSSR count). The quantitative estimate of drug-likeness (QED) is 0.796. The standard InChI is InChI=1S/C10H10O4.C8H10/c1-13-9(11)7-5-3-4-6-8(7)10(12)14-2;1-7-5-3-4-6-8(7)2/h3-6H,1-2H3;3-6H,1-2H3. The second-order valence-electron chi connectivity index (χ2n) is 4.61. The van der Waals surface area contributed by atoms with Crippen LogP contribution in [-0.4, -0.2) is 26.2 Å². The molecule has 0 fully saturated rings. The Bertz CT molecular complexity index is 591. The molecular formula is C18H20O4. The lowest BCUT2D eigenvalue weighted by molar-refractivity contribution is 0.0555. The second kappa shape index (κ2) is 8.62. The van der Waals surface area contributed by atoms with Crippen molar-refractivity contribution in [2.75, 3.05) is 14.2 Å². The average Bonchev–Trinajstić information content (AvgIpc) is 2.56. The van der Waals surface area contributed by atoms with Gasteiger partial charge >= 0.3 is 11.9 Å². The predicted molar refractivity (Wildman–Crippen MR) is 85.0 cm³/mol. The Hall–Kier alpha value is -2.62. The number of aryl methyl sites for hydroxylation is 2. The molecular weight excluding hydrogens is 280 g/mol. The van der Waals surface area contributed by atoms with Crippen LogP contribution < -0.4 is 0 Å². The van der Waals surface area contributed by atoms with Crippen molar-refractivity contribution in [3.63, 3.8) is 0 Å². The van der Waals surface area contributed by atoms with Gasteiger partial charge in [-0.05, 0) is 37.1 Å². The number of carbonyl (C=O) groups excluding carboxylic acids is 2. The third kappa shape index (κ3) is 4.74. The lowest BCUT2D eigenvalue weighted by Gasteiger charge is -2.04. The monoisotopic (exact) mass is 300 g/mol. The summed E-state index contributed by atoms with van der Waals surface area (Å²) >= 11 is 0. The Morgan fingerprint density at radius 2 is 1.00 bits per heavy atom. The Labute approximate surface area is 130 Å². The summed E-state index contributed by atoms with van der Waals surface area (Å²) in [5.41, 5.74) is 3.16. The van der Waals surface area contributed by atoms with Crippen molar-refractivity contribution in [3.8, 4) is 0 Å². The van der Waals surface area contributed by atoms with E-state index in [9.17, 15) is 9.59 Å². The number of methoxy groups -OCH3 is 2. The molecule has 0 aliphatic carbocycles. The molecule has 4 heteroatoms. The third-order valence-corrected chi connectivity index (χ3v) is 3.16. The highest BCUT2D eigenvalue weighted by Gasteiger charge is 2.16. The zero-order valence-electron chi connectivity index (χ0n) is 13.3. The Morgan fingerprint density at radius 3 is 1.27 bits per heavy atom. The number of esters is 2. The van der Waals surface area contributed by atoms with Gasteiger partial charge in [0, 0.05) is 0 Å². The minimum absolute atomic E-state index is 0.210. The fraction of sp³-hybridized carbons (Fsp3) is 0.222. The van der Waals surface area contributed by atoms with Crippen molar-refractivity contribution in [1.29, 1.82) is 0 Å². The van der Waals surface area contributed by atoms with Gasteiger partial charge in [0.2, 0.25) is 0 Å². The summed E-state index contributed by atoms with van der Waals surface area (Å²) in [4.78, 5) is 22.4. The molecule has 22 heavy (non-hydrogen) atoms. The van der Waals surface area contributed by atoms with Crippen molar-refractivity contribution < 1.29 is 19.1 Å². The molecule has 0 radical (unpaired) electrons. The molecule has 0 N–H and O–H groups in total. The maximum atomic E-state index is 11.2. The number of ether oxygens (including phenoxy) is 2. The highest BCUT2D eigenvalue weighted by Crippen LogP contribution is 2.10. The van der Waals surface area contributed by atoms with Crippen LogP contribution in [-0.2, 0) is 9.47 Å². The zero-order valence-corrected chi connectivity index (χ0v) is 13.3. The first-order valence-electron chi connectivity index (χ1n) is 6.79. The molecule has 0 aromatic heterocycles. The van der Waals surface area contributed by atoms with Crippen LogP contribution in [0.3, 0.4) is 0 Å². The lowest BCUT2D eigenvalue weighted by atomic mass is 10.1. The van der Waals surface area contributed by atoms with Gasteiger partial charge in [0.05, 0.1) is 25.3 Å². The highest BCUT2D eigenvalue weighted by atomic mass is 16.5. The van der Waals surface area contributed by atoms with Crippen LogP contribution in [0.15, 0.2) is 48.5 Å². The van der Waals surface area contributed by atoms with E-state index in [-0.39, 0.29) is 11.1 Å². The number of rotatable bonds is 2. The Balaban J connectivity index is 0.000000255. The van der Waals surface area contributed by atoms with Crippen molar-refractivity contribution >= 4 is 11.9 Å². The van der Waals surface area contributed by atoms with Gasteiger partial charge in [-0.1, -0.05) is 36.4 Å². The summed E-state index contributed by atoms with van der Waals surface area (Å²) in [5.74, 6) is -1.10. The maximum Gasteiger partial charge on any atom is 0.338 e. The molecule has 0 saturated carbocycles. The lowest BCUT2D eigenvalue weighted by Crippen LogP contribution is -2.11. The molecule has 0 spiro atoms. The summed E-state index contributed by atoms with van der Waals surface area (Å²) in [6.07, 6.45) is 0. The molecule has 0 amide bonds. The molecule has 116 valence electrons. The first kappa shape index (κ1) is 17.4. The molecule has 0 aliphatic heterocycles. The number of benzene rings is 2. The normalized spacial score (nSPS) is 9.27. The Kier molecular flexibility index (Phi) is 6.83. The van der Waals surface area contributed by atoms with Crippen molar-refractivity contribution in [3.05, 3.63) is 70.8 Å². The average molecular weight is 300 g/mol. The van der Waals surface area contributed by atoms with Gasteiger partial charge in [0.1, 0.15) is 0 Å². The molecule has 2 aromatic carbocycles. The number of carbonyl (C=O) groups is 2. The van der Waals surface area contributed by atoms with Gasteiger partial charge in [-0.25, -0.2) is 9.59 Å². The molecule has 0 bridgehead atoms. The molecule has 0 aliphatic rings. The van der Waals surface area contributed by atoms with E-state index >= 15 is 0 Å². The molecule has 0 atom stereocenters. The summed E-state index contributed by atoms with van der Waals surface area (Å²) < 4.78 is 9.05.